The molecule has 7 heteroatoms. The van der Waals surface area contributed by atoms with E-state index < -0.39 is 0 Å². The molecule has 1 fully saturated rings. The SMILES string of the molecule is CC(C)n1cnnc1CN(C)C(=O)CN1C[C@@H](Cc2ccccc2)CC1=O. The fraction of sp³-hybridized carbons (Fsp3) is 0.500. The predicted molar refractivity (Wildman–Crippen MR) is 102 cm³/mol. The molecule has 144 valence electrons. The predicted octanol–water partition coefficient (Wildman–Crippen LogP) is 1.91. The van der Waals surface area contributed by atoms with Crippen LogP contribution in [0.25, 0.3) is 0 Å². The van der Waals surface area contributed by atoms with E-state index in [4.69, 9.17) is 0 Å². The first-order chi connectivity index (χ1) is 12.9. The molecule has 1 aromatic heterocycles. The van der Waals surface area contributed by atoms with Crippen LogP contribution in [0.15, 0.2) is 36.7 Å². The first-order valence-electron chi connectivity index (χ1n) is 9.38. The smallest absolute Gasteiger partial charge is 0.242 e. The first kappa shape index (κ1) is 19.1. The number of hydrogen-bond acceptors (Lipinski definition) is 4. The lowest BCUT2D eigenvalue weighted by molar-refractivity contribution is -0.137. The van der Waals surface area contributed by atoms with Crippen LogP contribution in [0.3, 0.4) is 0 Å². The largest absolute Gasteiger partial charge is 0.337 e. The zero-order valence-electron chi connectivity index (χ0n) is 16.2. The lowest BCUT2D eigenvalue weighted by Crippen LogP contribution is -2.39. The van der Waals surface area contributed by atoms with Crippen LogP contribution in [-0.2, 0) is 22.6 Å². The van der Waals surface area contributed by atoms with Crippen LogP contribution in [0.2, 0.25) is 0 Å². The summed E-state index contributed by atoms with van der Waals surface area (Å²) >= 11 is 0. The minimum Gasteiger partial charge on any atom is -0.337 e. The van der Waals surface area contributed by atoms with E-state index in [1.807, 2.05) is 36.6 Å². The van der Waals surface area contributed by atoms with Gasteiger partial charge in [-0.2, -0.15) is 0 Å². The van der Waals surface area contributed by atoms with Gasteiger partial charge in [0, 0.05) is 26.1 Å². The van der Waals surface area contributed by atoms with E-state index in [1.165, 1.54) is 5.56 Å². The number of nitrogens with zero attached hydrogens (tertiary/aromatic N) is 5. The number of likely N-dealkylation sites (tertiary alicyclic amines) is 1. The molecular weight excluding hydrogens is 342 g/mol. The Hall–Kier alpha value is -2.70. The van der Waals surface area contributed by atoms with E-state index >= 15 is 0 Å². The zero-order chi connectivity index (χ0) is 19.4. The molecule has 7 nitrogen and oxygen atoms in total. The maximum absolute atomic E-state index is 12.6. The van der Waals surface area contributed by atoms with Gasteiger partial charge in [0.2, 0.25) is 11.8 Å². The third kappa shape index (κ3) is 4.72. The van der Waals surface area contributed by atoms with Crippen molar-refractivity contribution in [3.8, 4) is 0 Å². The monoisotopic (exact) mass is 369 g/mol. The Bertz CT molecular complexity index is 787. The van der Waals surface area contributed by atoms with Crippen molar-refractivity contribution in [2.45, 2.75) is 39.3 Å². The third-order valence-corrected chi connectivity index (χ3v) is 5.00. The van der Waals surface area contributed by atoms with Crippen molar-refractivity contribution in [1.82, 2.24) is 24.6 Å². The molecule has 1 atom stereocenters. The highest BCUT2D eigenvalue weighted by molar-refractivity contribution is 5.86. The second-order valence-electron chi connectivity index (χ2n) is 7.53. The fourth-order valence-electron chi connectivity index (χ4n) is 3.49. The van der Waals surface area contributed by atoms with E-state index in [2.05, 4.69) is 22.3 Å². The van der Waals surface area contributed by atoms with Gasteiger partial charge in [-0.15, -0.1) is 10.2 Å². The van der Waals surface area contributed by atoms with E-state index in [0.29, 0.717) is 19.5 Å². The highest BCUT2D eigenvalue weighted by Gasteiger charge is 2.31. The number of carbonyl (C=O) groups is 2. The molecule has 1 aliphatic heterocycles. The van der Waals surface area contributed by atoms with Gasteiger partial charge >= 0.3 is 0 Å². The summed E-state index contributed by atoms with van der Waals surface area (Å²) in [5, 5.41) is 8.04. The zero-order valence-corrected chi connectivity index (χ0v) is 16.2. The normalized spacial score (nSPS) is 17.0. The molecule has 2 aromatic rings. The average Bonchev–Trinajstić information content (AvgIpc) is 3.22. The highest BCUT2D eigenvalue weighted by Crippen LogP contribution is 2.22. The van der Waals surface area contributed by atoms with Crippen LogP contribution < -0.4 is 0 Å². The maximum Gasteiger partial charge on any atom is 0.242 e. The second kappa shape index (κ2) is 8.33. The molecular formula is C20H27N5O2. The molecule has 2 amide bonds. The van der Waals surface area contributed by atoms with E-state index in [0.717, 1.165) is 12.2 Å². The molecule has 0 spiro atoms. The van der Waals surface area contributed by atoms with Crippen LogP contribution in [0.5, 0.6) is 0 Å². The minimum absolute atomic E-state index is 0.0584. The van der Waals surface area contributed by atoms with Gasteiger partial charge in [-0.05, 0) is 31.7 Å². The molecule has 0 bridgehead atoms. The van der Waals surface area contributed by atoms with Crippen molar-refractivity contribution in [1.29, 1.82) is 0 Å². The van der Waals surface area contributed by atoms with Crippen molar-refractivity contribution in [2.24, 2.45) is 5.92 Å². The summed E-state index contributed by atoms with van der Waals surface area (Å²) in [6.45, 7) is 5.23. The van der Waals surface area contributed by atoms with E-state index in [1.54, 1.807) is 23.2 Å². The van der Waals surface area contributed by atoms with Gasteiger partial charge in [0.25, 0.3) is 0 Å². The molecule has 1 aliphatic rings. The molecule has 2 heterocycles. The number of amides is 2. The lowest BCUT2D eigenvalue weighted by atomic mass is 9.99. The van der Waals surface area contributed by atoms with Crippen molar-refractivity contribution < 1.29 is 9.59 Å². The number of rotatable bonds is 7. The molecule has 0 aliphatic carbocycles. The molecule has 0 unspecified atom stereocenters. The number of benzene rings is 1. The van der Waals surface area contributed by atoms with Crippen molar-refractivity contribution >= 4 is 11.8 Å². The summed E-state index contributed by atoms with van der Waals surface area (Å²) in [7, 11) is 1.74. The lowest BCUT2D eigenvalue weighted by Gasteiger charge is -2.22. The van der Waals surface area contributed by atoms with Gasteiger partial charge in [-0.1, -0.05) is 30.3 Å². The van der Waals surface area contributed by atoms with E-state index in [-0.39, 0.29) is 30.3 Å². The third-order valence-electron chi connectivity index (χ3n) is 5.00. The standard InChI is InChI=1S/C20H27N5O2/c1-15(2)25-14-21-22-18(25)12-23(3)20(27)13-24-11-17(10-19(24)26)9-16-7-5-4-6-8-16/h4-8,14-15,17H,9-13H2,1-3H3/t17-/m0/s1. The summed E-state index contributed by atoms with van der Waals surface area (Å²) in [5.74, 6) is 0.989. The van der Waals surface area contributed by atoms with Crippen LogP contribution in [0, 0.1) is 5.92 Å². The first-order valence-corrected chi connectivity index (χ1v) is 9.38. The summed E-state index contributed by atoms with van der Waals surface area (Å²) in [5.41, 5.74) is 1.23. The Kier molecular flexibility index (Phi) is 5.88. The average molecular weight is 369 g/mol. The molecule has 27 heavy (non-hydrogen) atoms. The van der Waals surface area contributed by atoms with Crippen molar-refractivity contribution in [2.75, 3.05) is 20.1 Å². The van der Waals surface area contributed by atoms with Gasteiger partial charge in [0.05, 0.1) is 13.1 Å². The second-order valence-corrected chi connectivity index (χ2v) is 7.53. The maximum atomic E-state index is 12.6. The Labute approximate surface area is 160 Å². The van der Waals surface area contributed by atoms with Gasteiger partial charge in [0.1, 0.15) is 6.33 Å². The number of aromatic nitrogens is 3. The fourth-order valence-corrected chi connectivity index (χ4v) is 3.49. The van der Waals surface area contributed by atoms with Gasteiger partial charge in [0.15, 0.2) is 5.82 Å². The van der Waals surface area contributed by atoms with Crippen LogP contribution in [-0.4, -0.2) is 56.5 Å². The Morgan fingerprint density at radius 1 is 1.30 bits per heavy atom. The molecule has 0 N–H and O–H groups in total. The molecule has 1 aromatic carbocycles. The summed E-state index contributed by atoms with van der Waals surface area (Å²) < 4.78 is 1.95. The van der Waals surface area contributed by atoms with Crippen LogP contribution >= 0.6 is 0 Å². The quantitative estimate of drug-likeness (QED) is 0.747. The number of hydrogen-bond donors (Lipinski definition) is 0. The molecule has 1 saturated heterocycles. The van der Waals surface area contributed by atoms with Crippen LogP contribution in [0.1, 0.15) is 37.7 Å². The summed E-state index contributed by atoms with van der Waals surface area (Å²) in [6.07, 6.45) is 3.05. The molecule has 0 radical (unpaired) electrons. The van der Waals surface area contributed by atoms with Gasteiger partial charge in [-0.3, -0.25) is 9.59 Å². The van der Waals surface area contributed by atoms with Crippen LogP contribution in [0.4, 0.5) is 0 Å². The molecule has 0 saturated carbocycles. The Morgan fingerprint density at radius 3 is 2.74 bits per heavy atom. The Morgan fingerprint density at radius 2 is 2.04 bits per heavy atom. The van der Waals surface area contributed by atoms with Gasteiger partial charge in [-0.25, -0.2) is 0 Å². The van der Waals surface area contributed by atoms with Crippen molar-refractivity contribution in [3.05, 3.63) is 48.0 Å². The van der Waals surface area contributed by atoms with Gasteiger partial charge < -0.3 is 14.4 Å². The van der Waals surface area contributed by atoms with Crippen molar-refractivity contribution in [3.63, 3.8) is 0 Å². The van der Waals surface area contributed by atoms with E-state index in [9.17, 15) is 9.59 Å². The highest BCUT2D eigenvalue weighted by atomic mass is 16.2. The minimum atomic E-state index is -0.0815. The number of carbonyl (C=O) groups excluding carboxylic acids is 2. The summed E-state index contributed by atoms with van der Waals surface area (Å²) in [6, 6.07) is 10.4. The topological polar surface area (TPSA) is 71.3 Å². The number of likely N-dealkylation sites (N-methyl/N-ethyl adjacent to an activating group) is 1. The Balaban J connectivity index is 1.54. The molecule has 3 rings (SSSR count). The summed E-state index contributed by atoms with van der Waals surface area (Å²) in [4.78, 5) is 28.2.